The Hall–Kier alpha value is -2.35. The molecule has 0 unspecified atom stereocenters. The molecule has 0 saturated carbocycles. The summed E-state index contributed by atoms with van der Waals surface area (Å²) in [5.74, 6) is -0.0936. The van der Waals surface area contributed by atoms with Gasteiger partial charge in [0.25, 0.3) is 6.20 Å². The standard InChI is InChI=1S/C13H14N4O3S/c1-16(2)17-8-12(20-15-17)14-11(18)9-21-13(19)10-6-4-3-5-7-10/h3-8H,9H2,1-2H3/p+1. The molecule has 2 aromatic rings. The van der Waals surface area contributed by atoms with Crippen LogP contribution in [0.1, 0.15) is 10.4 Å². The molecule has 0 saturated heterocycles. The fourth-order valence-corrected chi connectivity index (χ4v) is 2.08. The first-order valence-electron chi connectivity index (χ1n) is 6.14. The van der Waals surface area contributed by atoms with Gasteiger partial charge in [0, 0.05) is 5.56 Å². The normalized spacial score (nSPS) is 10.2. The van der Waals surface area contributed by atoms with E-state index in [1.807, 2.05) is 6.07 Å². The number of rotatable bonds is 5. The van der Waals surface area contributed by atoms with Crippen molar-refractivity contribution in [1.82, 2.24) is 5.27 Å². The molecule has 1 heterocycles. The van der Waals surface area contributed by atoms with E-state index < -0.39 is 0 Å². The number of benzene rings is 1. The summed E-state index contributed by atoms with van der Waals surface area (Å²) in [7, 11) is 3.56. The Morgan fingerprint density at radius 1 is 1.33 bits per heavy atom. The number of nitrogens with one attached hydrogen (secondary N) is 1. The lowest BCUT2D eigenvalue weighted by atomic mass is 10.2. The van der Waals surface area contributed by atoms with Crippen LogP contribution < -0.4 is 15.1 Å². The zero-order valence-corrected chi connectivity index (χ0v) is 12.5. The van der Waals surface area contributed by atoms with Crippen LogP contribution in [-0.4, -0.2) is 36.1 Å². The van der Waals surface area contributed by atoms with E-state index in [9.17, 15) is 9.59 Å². The van der Waals surface area contributed by atoms with Crippen molar-refractivity contribution in [3.8, 4) is 0 Å². The van der Waals surface area contributed by atoms with Gasteiger partial charge in [0.1, 0.15) is 0 Å². The molecule has 110 valence electrons. The number of carbonyl (C=O) groups excluding carboxylic acids is 2. The lowest BCUT2D eigenvalue weighted by molar-refractivity contribution is -0.753. The van der Waals surface area contributed by atoms with Crippen LogP contribution in [0.15, 0.2) is 41.1 Å². The van der Waals surface area contributed by atoms with Gasteiger partial charge in [-0.15, -0.1) is 0 Å². The summed E-state index contributed by atoms with van der Waals surface area (Å²) < 4.78 is 4.93. The molecule has 0 aliphatic heterocycles. The van der Waals surface area contributed by atoms with E-state index in [0.29, 0.717) is 5.56 Å². The number of amides is 1. The minimum absolute atomic E-state index is 0.0103. The van der Waals surface area contributed by atoms with E-state index in [1.54, 1.807) is 43.4 Å². The number of aromatic nitrogens is 2. The van der Waals surface area contributed by atoms with E-state index in [-0.39, 0.29) is 22.7 Å². The second kappa shape index (κ2) is 6.89. The Labute approximate surface area is 125 Å². The molecule has 1 aromatic carbocycles. The molecule has 0 aliphatic rings. The molecule has 0 bridgehead atoms. The molecule has 1 aromatic heterocycles. The summed E-state index contributed by atoms with van der Waals surface area (Å²) in [6.07, 6.45) is 1.53. The van der Waals surface area contributed by atoms with Gasteiger partial charge in [0.2, 0.25) is 16.3 Å². The molecule has 0 spiro atoms. The minimum atomic E-state index is -0.327. The maximum absolute atomic E-state index is 11.8. The molecule has 7 nitrogen and oxygen atoms in total. The molecular weight excluding hydrogens is 292 g/mol. The molecule has 0 aliphatic carbocycles. The molecule has 2 rings (SSSR count). The van der Waals surface area contributed by atoms with Crippen LogP contribution in [0.5, 0.6) is 0 Å². The lowest BCUT2D eigenvalue weighted by Gasteiger charge is -2.00. The fourth-order valence-electron chi connectivity index (χ4n) is 1.44. The predicted molar refractivity (Wildman–Crippen MR) is 78.6 cm³/mol. The SMILES string of the molecule is CN(C)[n+]1cc(NC(=O)CSC(=O)c2ccccc2)on1. The third-order valence-corrected chi connectivity index (χ3v) is 3.38. The summed E-state index contributed by atoms with van der Waals surface area (Å²) >= 11 is 0.940. The van der Waals surface area contributed by atoms with Gasteiger partial charge < -0.3 is 0 Å². The highest BCUT2D eigenvalue weighted by atomic mass is 32.2. The van der Waals surface area contributed by atoms with Gasteiger partial charge >= 0.3 is 5.88 Å². The van der Waals surface area contributed by atoms with Crippen molar-refractivity contribution in [2.75, 3.05) is 30.2 Å². The summed E-state index contributed by atoms with van der Waals surface area (Å²) in [5, 5.41) is 7.75. The van der Waals surface area contributed by atoms with E-state index in [4.69, 9.17) is 4.52 Å². The molecule has 21 heavy (non-hydrogen) atoms. The van der Waals surface area contributed by atoms with Crippen LogP contribution in [0.2, 0.25) is 0 Å². The second-order valence-corrected chi connectivity index (χ2v) is 5.27. The highest BCUT2D eigenvalue weighted by molar-refractivity contribution is 8.14. The van der Waals surface area contributed by atoms with Crippen LogP contribution in [-0.2, 0) is 4.79 Å². The van der Waals surface area contributed by atoms with Gasteiger partial charge in [-0.1, -0.05) is 42.1 Å². The van der Waals surface area contributed by atoms with Crippen LogP contribution in [0.25, 0.3) is 0 Å². The Morgan fingerprint density at radius 2 is 2.05 bits per heavy atom. The number of hydrogen-bond donors (Lipinski definition) is 1. The van der Waals surface area contributed by atoms with Gasteiger partial charge in [-0.2, -0.15) is 5.01 Å². The zero-order valence-electron chi connectivity index (χ0n) is 11.6. The molecule has 8 heteroatoms. The van der Waals surface area contributed by atoms with Gasteiger partial charge in [-0.3, -0.25) is 19.4 Å². The van der Waals surface area contributed by atoms with E-state index in [1.165, 1.54) is 11.0 Å². The molecule has 0 radical (unpaired) electrons. The number of nitrogens with zero attached hydrogens (tertiary/aromatic N) is 3. The third-order valence-electron chi connectivity index (χ3n) is 2.47. The summed E-state index contributed by atoms with van der Waals surface area (Å²) in [6, 6.07) is 8.82. The van der Waals surface area contributed by atoms with Crippen molar-refractivity contribution in [1.29, 1.82) is 0 Å². The maximum atomic E-state index is 11.8. The zero-order chi connectivity index (χ0) is 15.2. The average Bonchev–Trinajstić information content (AvgIpc) is 2.94. The highest BCUT2D eigenvalue weighted by Gasteiger charge is 2.16. The monoisotopic (exact) mass is 307 g/mol. The Kier molecular flexibility index (Phi) is 4.94. The number of anilines is 1. The van der Waals surface area contributed by atoms with Gasteiger partial charge in [-0.05, 0) is 0 Å². The van der Waals surface area contributed by atoms with Crippen molar-refractivity contribution in [3.05, 3.63) is 42.1 Å². The smallest absolute Gasteiger partial charge is 0.288 e. The van der Waals surface area contributed by atoms with Crippen LogP contribution in [0.4, 0.5) is 5.88 Å². The largest absolute Gasteiger partial charge is 0.305 e. The molecule has 0 atom stereocenters. The Morgan fingerprint density at radius 3 is 2.67 bits per heavy atom. The minimum Gasteiger partial charge on any atom is -0.288 e. The summed E-state index contributed by atoms with van der Waals surface area (Å²) in [5.41, 5.74) is 0.570. The van der Waals surface area contributed by atoms with Crippen LogP contribution in [0, 0.1) is 0 Å². The summed E-state index contributed by atoms with van der Waals surface area (Å²) in [6.45, 7) is 0. The first kappa shape index (κ1) is 15.0. The predicted octanol–water partition coefficient (Wildman–Crippen LogP) is 0.672. The molecule has 1 N–H and O–H groups in total. The number of hydrogen-bond acceptors (Lipinski definition) is 6. The Bertz CT molecular complexity index is 627. The van der Waals surface area contributed by atoms with Crippen molar-refractivity contribution < 1.29 is 18.9 Å². The van der Waals surface area contributed by atoms with Gasteiger partial charge in [0.15, 0.2) is 0 Å². The maximum Gasteiger partial charge on any atom is 0.305 e. The third kappa shape index (κ3) is 4.32. The van der Waals surface area contributed by atoms with Crippen LogP contribution >= 0.6 is 11.8 Å². The number of thioether (sulfide) groups is 1. The molecular formula is C13H15N4O3S+. The van der Waals surface area contributed by atoms with Crippen molar-refractivity contribution in [2.24, 2.45) is 0 Å². The van der Waals surface area contributed by atoms with Crippen LogP contribution in [0.3, 0.4) is 0 Å². The summed E-state index contributed by atoms with van der Waals surface area (Å²) in [4.78, 5) is 25.0. The average molecular weight is 307 g/mol. The molecule has 1 amide bonds. The first-order chi connectivity index (χ1) is 10.1. The van der Waals surface area contributed by atoms with E-state index in [0.717, 1.165) is 11.8 Å². The second-order valence-electron chi connectivity index (χ2n) is 4.32. The van der Waals surface area contributed by atoms with Crippen molar-refractivity contribution in [2.45, 2.75) is 0 Å². The quantitative estimate of drug-likeness (QED) is 0.818. The topological polar surface area (TPSA) is 79.3 Å². The van der Waals surface area contributed by atoms with E-state index in [2.05, 4.69) is 10.6 Å². The highest BCUT2D eigenvalue weighted by Crippen LogP contribution is 2.12. The fraction of sp³-hybridized carbons (Fsp3) is 0.231. The number of carbonyl (C=O) groups is 2. The van der Waals surface area contributed by atoms with Gasteiger partial charge in [-0.25, -0.2) is 0 Å². The van der Waals surface area contributed by atoms with E-state index >= 15 is 0 Å². The lowest BCUT2D eigenvalue weighted by Crippen LogP contribution is -2.53. The van der Waals surface area contributed by atoms with Crippen molar-refractivity contribution in [3.63, 3.8) is 0 Å². The van der Waals surface area contributed by atoms with Crippen molar-refractivity contribution >= 4 is 28.7 Å². The Balaban J connectivity index is 1.83. The first-order valence-corrected chi connectivity index (χ1v) is 7.13. The molecule has 0 fully saturated rings. The van der Waals surface area contributed by atoms with Gasteiger partial charge in [0.05, 0.1) is 24.6 Å².